The van der Waals surface area contributed by atoms with E-state index in [2.05, 4.69) is 92.7 Å². The Morgan fingerprint density at radius 1 is 0.470 bits per heavy atom. The Bertz CT molecular complexity index is 5830. The minimum Gasteiger partial charge on any atom is -0.493 e. The summed E-state index contributed by atoms with van der Waals surface area (Å²) in [6.45, 7) is 31.3. The number of imidazole rings is 3. The highest BCUT2D eigenvalue weighted by molar-refractivity contribution is 7.98. The van der Waals surface area contributed by atoms with Crippen molar-refractivity contribution in [3.05, 3.63) is 121 Å². The maximum Gasteiger partial charge on any atom is 0.301 e. The summed E-state index contributed by atoms with van der Waals surface area (Å²) in [5.41, 5.74) is 0.349. The van der Waals surface area contributed by atoms with Crippen LogP contribution in [0.5, 0.6) is 35.3 Å². The topological polar surface area (TPSA) is 339 Å². The molecule has 8 aliphatic rings. The second kappa shape index (κ2) is 41.0. The molecule has 30 nitrogen and oxygen atoms in total. The van der Waals surface area contributed by atoms with Crippen molar-refractivity contribution in [1.29, 1.82) is 0 Å². The maximum absolute atomic E-state index is 15.0. The van der Waals surface area contributed by atoms with Gasteiger partial charge in [-0.15, -0.1) is 0 Å². The number of pyridine rings is 3. The lowest BCUT2D eigenvalue weighted by molar-refractivity contribution is -0.0408. The second-order valence-corrected chi connectivity index (χ2v) is 52.2. The first-order chi connectivity index (χ1) is 62.6. The standard InChI is InChI=1S/C33H44ClF2N3O8SSi.C33H44ClF2N3O6SSi.C22H22ClF2N3O7S/c1-7-11-42-19-13-22(35)20(23(36)14-19)18-48(40,41)31-21(34)15-24-30(38-31)39(27-10-8-9-12-43-27)32(37-24)46-25-16-44-29-26(17-45-28(25)29)47-49(5,6)33(2,3)4;1-7-11-40-19-13-22(35)20(23(36)14-19)18-46-31-21(34)15-24-30(38-31)39(27-10-8-9-12-41-27)32(37-24)44-25-16-42-29-26(17-43-28(25)29)45-47(5,6)33(2,3)4;1-2-3-32-10-4-13(24)11(14(25)5-10)9-36(30,31)21-12(23)6-15-20(27-21)28-22(26-15)35-17-8-34-18-16(29)7-33-19(17)18/h13-15,25-29H,7-12,16-18H2,1-6H3;13-15,25-29H,7-12,16-18H2,1-6H3;4-6,16-19,29H,2-3,7-9H2,1H3,(H,26,27,28)/t2*25-,26-,27?,28-,29-;16-,17-,18-,19-/m111/s1. The minimum atomic E-state index is -4.45. The van der Waals surface area contributed by atoms with Crippen LogP contribution >= 0.6 is 46.6 Å². The fourth-order valence-electron chi connectivity index (χ4n) is 16.0. The Morgan fingerprint density at radius 3 is 1.28 bits per heavy atom. The molecule has 0 saturated carbocycles. The van der Waals surface area contributed by atoms with E-state index in [1.54, 1.807) is 10.6 Å². The Kier molecular flexibility index (Phi) is 30.9. The van der Waals surface area contributed by atoms with Crippen LogP contribution in [0.1, 0.15) is 149 Å². The van der Waals surface area contributed by atoms with Crippen LogP contribution in [0.15, 0.2) is 69.7 Å². The van der Waals surface area contributed by atoms with Gasteiger partial charge >= 0.3 is 12.0 Å². The molecule has 44 heteroatoms. The Labute approximate surface area is 782 Å². The molecule has 8 saturated heterocycles. The third-order valence-corrected chi connectivity index (χ3v) is 39.3. The van der Waals surface area contributed by atoms with E-state index in [0.29, 0.717) is 86.1 Å². The van der Waals surface area contributed by atoms with Crippen molar-refractivity contribution in [1.82, 2.24) is 44.0 Å². The molecule has 2 N–H and O–H groups in total. The highest BCUT2D eigenvalue weighted by Gasteiger charge is 2.56. The van der Waals surface area contributed by atoms with Crippen molar-refractivity contribution in [2.75, 3.05) is 72.7 Å². The zero-order valence-corrected chi connectivity index (χ0v) is 82.1. The van der Waals surface area contributed by atoms with Crippen LogP contribution in [0, 0.1) is 34.9 Å². The molecule has 0 radical (unpaired) electrons. The number of aromatic nitrogens is 9. The Morgan fingerprint density at radius 2 is 0.848 bits per heavy atom. The van der Waals surface area contributed by atoms with E-state index in [0.717, 1.165) is 74.6 Å². The van der Waals surface area contributed by atoms with Crippen LogP contribution < -0.4 is 28.4 Å². The maximum atomic E-state index is 15.0. The van der Waals surface area contributed by atoms with Gasteiger partial charge in [-0.1, -0.05) is 109 Å². The van der Waals surface area contributed by atoms with Gasteiger partial charge in [-0.25, -0.2) is 58.1 Å². The number of sulfone groups is 2. The predicted octanol–water partition coefficient (Wildman–Crippen LogP) is 17.4. The van der Waals surface area contributed by atoms with E-state index in [1.807, 2.05) is 25.3 Å². The van der Waals surface area contributed by atoms with Crippen molar-refractivity contribution >= 4 is 116 Å². The molecule has 0 aliphatic carbocycles. The van der Waals surface area contributed by atoms with Gasteiger partial charge in [-0.05, 0) is 112 Å². The number of thioether (sulfide) groups is 1. The fraction of sp³-hybridized carbons (Fsp3) is 0.591. The van der Waals surface area contributed by atoms with Crippen LogP contribution in [0.2, 0.25) is 51.3 Å². The summed E-state index contributed by atoms with van der Waals surface area (Å²) in [4.78, 5) is 29.8. The highest BCUT2D eigenvalue weighted by atomic mass is 35.5. The SMILES string of the molecule is CCCOc1cc(F)c(CS(=O)(=O)c2nc3c(cc2Cl)nc(O[C@@H]2CO[C@H]4[C@@H]2OC[C@H]4O[Si](C)(C)C(C)(C)C)n3C2CCCCO2)c(F)c1.CCCOc1cc(F)c(CS(=O)(=O)c2nc3nc(O[C@@H]4CO[C@H]5[C@@H]4OC[C@H]5O)[nH]c3cc2Cl)c(F)c1.CCCOc1cc(F)c(CSc2nc3c(cc2Cl)nc(O[C@@H]2CO[C@H]4[C@@H]2OC[C@H]4O[Si](C)(C)C(C)(C)C)n3C2CCCCO2)c(F)c1. The summed E-state index contributed by atoms with van der Waals surface area (Å²) in [7, 11) is -13.0. The van der Waals surface area contributed by atoms with Gasteiger partial charge in [0.2, 0.25) is 19.7 Å². The van der Waals surface area contributed by atoms with Crippen LogP contribution in [0.4, 0.5) is 26.3 Å². The van der Waals surface area contributed by atoms with Gasteiger partial charge in [0.1, 0.15) is 123 Å². The van der Waals surface area contributed by atoms with E-state index < -0.39 is 153 Å². The first-order valence-corrected chi connectivity index (χ1v) is 55.5. The number of hydrogen-bond donors (Lipinski definition) is 2. The van der Waals surface area contributed by atoms with E-state index in [-0.39, 0.29) is 153 Å². The van der Waals surface area contributed by atoms with E-state index in [1.165, 1.54) is 24.3 Å². The summed E-state index contributed by atoms with van der Waals surface area (Å²) in [5, 5.41) is 9.06. The summed E-state index contributed by atoms with van der Waals surface area (Å²) in [5.74, 6) is -7.51. The zero-order valence-electron chi connectivity index (χ0n) is 75.4. The number of halogens is 9. The molecule has 0 amide bonds. The smallest absolute Gasteiger partial charge is 0.301 e. The number of hydrogen-bond acceptors (Lipinski definition) is 28. The fourth-order valence-corrected chi connectivity index (χ4v) is 23.6. The number of aromatic amines is 1. The molecule has 2 unspecified atom stereocenters. The molecule has 8 fully saturated rings. The summed E-state index contributed by atoms with van der Waals surface area (Å²) < 4.78 is 242. The van der Waals surface area contributed by atoms with Crippen LogP contribution in [0.25, 0.3) is 33.5 Å². The van der Waals surface area contributed by atoms with Crippen LogP contribution in [-0.4, -0.2) is 229 Å². The van der Waals surface area contributed by atoms with Crippen molar-refractivity contribution in [2.45, 2.75) is 274 Å². The van der Waals surface area contributed by atoms with Crippen molar-refractivity contribution in [3.8, 4) is 35.3 Å². The molecule has 722 valence electrons. The first-order valence-electron chi connectivity index (χ1n) is 44.2. The van der Waals surface area contributed by atoms with E-state index in [4.69, 9.17) is 120 Å². The van der Waals surface area contributed by atoms with Crippen LogP contribution in [0.3, 0.4) is 0 Å². The lowest BCUT2D eigenvalue weighted by Gasteiger charge is -2.39. The number of aliphatic hydroxyl groups is 1. The van der Waals surface area contributed by atoms with Gasteiger partial charge in [0.05, 0.1) is 104 Å². The molecular formula is C88H110Cl3F6N9O21S3Si2. The number of fused-ring (bicyclic) bond motifs is 6. The molecule has 6 aromatic heterocycles. The zero-order chi connectivity index (χ0) is 94.4. The third-order valence-electron chi connectivity index (χ3n) is 24.9. The Hall–Kier alpha value is -6.99. The molecule has 0 bridgehead atoms. The summed E-state index contributed by atoms with van der Waals surface area (Å²) in [6, 6.07) is 11.1. The van der Waals surface area contributed by atoms with Gasteiger partial charge in [0.15, 0.2) is 61.9 Å². The molecule has 14 atom stereocenters. The lowest BCUT2D eigenvalue weighted by atomic mass is 10.1. The molecular weight excluding hydrogens is 1890 g/mol. The van der Waals surface area contributed by atoms with Gasteiger partial charge in [0, 0.05) is 72.1 Å². The van der Waals surface area contributed by atoms with Crippen molar-refractivity contribution in [2.24, 2.45) is 0 Å². The number of nitrogens with zero attached hydrogens (tertiary/aromatic N) is 8. The average Bonchev–Trinajstić information content (AvgIpc) is 1.58. The molecule has 17 rings (SSSR count). The van der Waals surface area contributed by atoms with Crippen molar-refractivity contribution < 1.29 is 123 Å². The molecule has 8 aliphatic heterocycles. The number of benzene rings is 3. The van der Waals surface area contributed by atoms with Gasteiger partial charge in [-0.2, -0.15) is 15.0 Å². The van der Waals surface area contributed by atoms with Crippen LogP contribution in [-0.2, 0) is 83.7 Å². The largest absolute Gasteiger partial charge is 0.493 e. The number of H-pyrrole nitrogens is 1. The van der Waals surface area contributed by atoms with E-state index in [9.17, 15) is 48.3 Å². The Balaban J connectivity index is 0.000000153. The average molecular weight is 2000 g/mol. The second-order valence-electron chi connectivity index (χ2n) is 36.7. The molecule has 14 heterocycles. The molecule has 0 spiro atoms. The third kappa shape index (κ3) is 21.8. The monoisotopic (exact) mass is 2000 g/mol. The molecule has 3 aromatic carbocycles. The van der Waals surface area contributed by atoms with Gasteiger partial charge in [0.25, 0.3) is 6.01 Å². The molecule has 9 aromatic rings. The summed E-state index contributed by atoms with van der Waals surface area (Å²) in [6.07, 6.45) is 1.21. The van der Waals surface area contributed by atoms with Gasteiger partial charge < -0.3 is 85.3 Å². The number of aliphatic hydroxyl groups excluding tert-OH is 1. The van der Waals surface area contributed by atoms with E-state index >= 15 is 0 Å². The van der Waals surface area contributed by atoms with Gasteiger partial charge in [-0.3, -0.25) is 9.13 Å². The van der Waals surface area contributed by atoms with Crippen molar-refractivity contribution in [3.63, 3.8) is 0 Å². The first kappa shape index (κ1) is 99.5. The highest BCUT2D eigenvalue weighted by Crippen LogP contribution is 2.47. The molecule has 132 heavy (non-hydrogen) atoms. The predicted molar refractivity (Wildman–Crippen MR) is 481 cm³/mol. The summed E-state index contributed by atoms with van der Waals surface area (Å²) >= 11 is 20.5. The quantitative estimate of drug-likeness (QED) is 0.0240. The normalized spacial score (nSPS) is 24.6. The number of rotatable bonds is 30. The number of ether oxygens (including phenoxy) is 14. The number of nitrogens with one attached hydrogen (secondary N) is 1. The minimum absolute atomic E-state index is 0.0146. The lowest BCUT2D eigenvalue weighted by Crippen LogP contribution is -2.47.